The first-order chi connectivity index (χ1) is 7.54. The summed E-state index contributed by atoms with van der Waals surface area (Å²) in [5.41, 5.74) is 9.04. The standard InChI is InChI=1S/C12H18N4/c1-12(2,13)7-14-6-9-3-4-10-11(5-9)16-8-15-10/h3-5,8,14H,6-7,13H2,1-2H3,(H,15,16). The fourth-order valence-electron chi connectivity index (χ4n) is 1.62. The number of imidazole rings is 1. The smallest absolute Gasteiger partial charge is 0.0931 e. The molecule has 0 saturated carbocycles. The molecule has 0 fully saturated rings. The molecule has 0 radical (unpaired) electrons. The van der Waals surface area contributed by atoms with Crippen molar-refractivity contribution in [3.8, 4) is 0 Å². The van der Waals surface area contributed by atoms with Gasteiger partial charge < -0.3 is 16.0 Å². The predicted octanol–water partition coefficient (Wildman–Crippen LogP) is 1.39. The normalized spacial score (nSPS) is 12.2. The Labute approximate surface area is 95.3 Å². The molecule has 2 rings (SSSR count). The molecule has 0 spiro atoms. The monoisotopic (exact) mass is 218 g/mol. The average molecular weight is 218 g/mol. The molecule has 4 heteroatoms. The van der Waals surface area contributed by atoms with Crippen LogP contribution in [0.15, 0.2) is 24.5 Å². The molecule has 0 unspecified atom stereocenters. The van der Waals surface area contributed by atoms with Gasteiger partial charge in [0.1, 0.15) is 0 Å². The van der Waals surface area contributed by atoms with Crippen LogP contribution < -0.4 is 11.1 Å². The van der Waals surface area contributed by atoms with Crippen molar-refractivity contribution < 1.29 is 0 Å². The van der Waals surface area contributed by atoms with E-state index in [4.69, 9.17) is 5.73 Å². The zero-order valence-electron chi connectivity index (χ0n) is 9.75. The minimum Gasteiger partial charge on any atom is -0.345 e. The van der Waals surface area contributed by atoms with Gasteiger partial charge in [0.15, 0.2) is 0 Å². The number of aromatic amines is 1. The quantitative estimate of drug-likeness (QED) is 0.726. The van der Waals surface area contributed by atoms with E-state index < -0.39 is 0 Å². The lowest BCUT2D eigenvalue weighted by atomic mass is 10.1. The first-order valence-electron chi connectivity index (χ1n) is 5.46. The molecule has 4 nitrogen and oxygen atoms in total. The first-order valence-corrected chi connectivity index (χ1v) is 5.46. The Morgan fingerprint density at radius 3 is 3.00 bits per heavy atom. The molecule has 1 heterocycles. The Bertz CT molecular complexity index is 467. The third-order valence-corrected chi connectivity index (χ3v) is 2.39. The van der Waals surface area contributed by atoms with Gasteiger partial charge in [-0.05, 0) is 31.5 Å². The maximum absolute atomic E-state index is 5.89. The largest absolute Gasteiger partial charge is 0.345 e. The summed E-state index contributed by atoms with van der Waals surface area (Å²) in [6.45, 7) is 5.65. The van der Waals surface area contributed by atoms with E-state index in [1.165, 1.54) is 5.56 Å². The van der Waals surface area contributed by atoms with Crippen molar-refractivity contribution in [2.24, 2.45) is 5.73 Å². The third-order valence-electron chi connectivity index (χ3n) is 2.39. The van der Waals surface area contributed by atoms with Gasteiger partial charge in [-0.1, -0.05) is 6.07 Å². The summed E-state index contributed by atoms with van der Waals surface area (Å²) in [6, 6.07) is 6.22. The molecular weight excluding hydrogens is 200 g/mol. The van der Waals surface area contributed by atoms with E-state index in [0.29, 0.717) is 0 Å². The summed E-state index contributed by atoms with van der Waals surface area (Å²) in [7, 11) is 0. The van der Waals surface area contributed by atoms with Crippen LogP contribution >= 0.6 is 0 Å². The number of rotatable bonds is 4. The highest BCUT2D eigenvalue weighted by molar-refractivity contribution is 5.74. The first kappa shape index (κ1) is 11.1. The second-order valence-corrected chi connectivity index (χ2v) is 4.85. The van der Waals surface area contributed by atoms with Gasteiger partial charge >= 0.3 is 0 Å². The zero-order chi connectivity index (χ0) is 11.6. The molecule has 0 aliphatic heterocycles. The third kappa shape index (κ3) is 2.81. The van der Waals surface area contributed by atoms with Crippen LogP contribution in [0.25, 0.3) is 11.0 Å². The fourth-order valence-corrected chi connectivity index (χ4v) is 1.62. The van der Waals surface area contributed by atoms with Crippen LogP contribution in [-0.4, -0.2) is 22.1 Å². The Balaban J connectivity index is 1.99. The number of nitrogens with two attached hydrogens (primary N) is 1. The molecule has 0 atom stereocenters. The lowest BCUT2D eigenvalue weighted by Crippen LogP contribution is -2.42. The van der Waals surface area contributed by atoms with E-state index in [2.05, 4.69) is 27.4 Å². The van der Waals surface area contributed by atoms with Crippen molar-refractivity contribution in [1.29, 1.82) is 0 Å². The summed E-state index contributed by atoms with van der Waals surface area (Å²) < 4.78 is 0. The molecular formula is C12H18N4. The molecule has 0 bridgehead atoms. The maximum atomic E-state index is 5.89. The minimum atomic E-state index is -0.169. The topological polar surface area (TPSA) is 66.7 Å². The van der Waals surface area contributed by atoms with E-state index in [9.17, 15) is 0 Å². The van der Waals surface area contributed by atoms with Crippen LogP contribution in [0.1, 0.15) is 19.4 Å². The Morgan fingerprint density at radius 2 is 2.25 bits per heavy atom. The van der Waals surface area contributed by atoms with E-state index >= 15 is 0 Å². The van der Waals surface area contributed by atoms with E-state index in [0.717, 1.165) is 24.1 Å². The predicted molar refractivity (Wildman–Crippen MR) is 66.1 cm³/mol. The summed E-state index contributed by atoms with van der Waals surface area (Å²) in [6.07, 6.45) is 1.71. The number of H-pyrrole nitrogens is 1. The number of aromatic nitrogens is 2. The van der Waals surface area contributed by atoms with Gasteiger partial charge in [-0.2, -0.15) is 0 Å². The molecule has 0 aliphatic carbocycles. The van der Waals surface area contributed by atoms with Crippen LogP contribution in [0.4, 0.5) is 0 Å². The van der Waals surface area contributed by atoms with Crippen molar-refractivity contribution >= 4 is 11.0 Å². The van der Waals surface area contributed by atoms with E-state index in [1.54, 1.807) is 6.33 Å². The van der Waals surface area contributed by atoms with Crippen LogP contribution in [0.5, 0.6) is 0 Å². The average Bonchev–Trinajstić information content (AvgIpc) is 2.62. The number of nitrogens with zero attached hydrogens (tertiary/aromatic N) is 1. The molecule has 4 N–H and O–H groups in total. The molecule has 1 aromatic carbocycles. The molecule has 86 valence electrons. The van der Waals surface area contributed by atoms with Crippen molar-refractivity contribution in [2.75, 3.05) is 6.54 Å². The Kier molecular flexibility index (Phi) is 2.94. The van der Waals surface area contributed by atoms with Crippen LogP contribution in [0.2, 0.25) is 0 Å². The highest BCUT2D eigenvalue weighted by Crippen LogP contribution is 2.11. The lowest BCUT2D eigenvalue weighted by Gasteiger charge is -2.18. The number of hydrogen-bond donors (Lipinski definition) is 3. The van der Waals surface area contributed by atoms with Crippen molar-refractivity contribution in [3.05, 3.63) is 30.1 Å². The molecule has 0 saturated heterocycles. The molecule has 0 aliphatic rings. The van der Waals surface area contributed by atoms with Crippen LogP contribution in [0, 0.1) is 0 Å². The van der Waals surface area contributed by atoms with Gasteiger partial charge in [0.2, 0.25) is 0 Å². The van der Waals surface area contributed by atoms with Gasteiger partial charge in [0, 0.05) is 18.6 Å². The Hall–Kier alpha value is -1.39. The van der Waals surface area contributed by atoms with E-state index in [1.807, 2.05) is 19.9 Å². The maximum Gasteiger partial charge on any atom is 0.0931 e. The van der Waals surface area contributed by atoms with Gasteiger partial charge in [-0.3, -0.25) is 0 Å². The number of nitrogens with one attached hydrogen (secondary N) is 2. The van der Waals surface area contributed by atoms with Gasteiger partial charge in [-0.25, -0.2) is 4.98 Å². The minimum absolute atomic E-state index is 0.169. The van der Waals surface area contributed by atoms with Crippen molar-refractivity contribution in [1.82, 2.24) is 15.3 Å². The van der Waals surface area contributed by atoms with Crippen LogP contribution in [-0.2, 0) is 6.54 Å². The highest BCUT2D eigenvalue weighted by atomic mass is 14.9. The number of fused-ring (bicyclic) bond motifs is 1. The summed E-state index contributed by atoms with van der Waals surface area (Å²) >= 11 is 0. The molecule has 1 aromatic heterocycles. The number of benzene rings is 1. The summed E-state index contributed by atoms with van der Waals surface area (Å²) in [4.78, 5) is 7.29. The lowest BCUT2D eigenvalue weighted by molar-refractivity contribution is 0.467. The van der Waals surface area contributed by atoms with E-state index in [-0.39, 0.29) is 5.54 Å². The summed E-state index contributed by atoms with van der Waals surface area (Å²) in [5, 5.41) is 3.34. The fraction of sp³-hybridized carbons (Fsp3) is 0.417. The zero-order valence-corrected chi connectivity index (χ0v) is 9.75. The van der Waals surface area contributed by atoms with Gasteiger partial charge in [0.25, 0.3) is 0 Å². The second-order valence-electron chi connectivity index (χ2n) is 4.85. The second kappa shape index (κ2) is 4.23. The van der Waals surface area contributed by atoms with Gasteiger partial charge in [0.05, 0.1) is 17.4 Å². The van der Waals surface area contributed by atoms with Crippen LogP contribution in [0.3, 0.4) is 0 Å². The van der Waals surface area contributed by atoms with Crippen molar-refractivity contribution in [3.63, 3.8) is 0 Å². The molecule has 0 amide bonds. The summed E-state index contributed by atoms with van der Waals surface area (Å²) in [5.74, 6) is 0. The number of hydrogen-bond acceptors (Lipinski definition) is 3. The molecule has 16 heavy (non-hydrogen) atoms. The Morgan fingerprint density at radius 1 is 1.44 bits per heavy atom. The highest BCUT2D eigenvalue weighted by Gasteiger charge is 2.09. The molecule has 2 aromatic rings. The van der Waals surface area contributed by atoms with Crippen molar-refractivity contribution in [2.45, 2.75) is 25.9 Å². The SMILES string of the molecule is CC(C)(N)CNCc1ccc2nc[nH]c2c1. The van der Waals surface area contributed by atoms with Gasteiger partial charge in [-0.15, -0.1) is 0 Å².